The first-order chi connectivity index (χ1) is 44.2. The smallest absolute Gasteiger partial charge is 0.305 e. The van der Waals surface area contributed by atoms with Crippen molar-refractivity contribution >= 4 is 11.9 Å². The van der Waals surface area contributed by atoms with Crippen molar-refractivity contribution in [2.24, 2.45) is 0 Å². The first kappa shape index (κ1) is 86.2. The van der Waals surface area contributed by atoms with Gasteiger partial charge in [0.15, 0.2) is 6.29 Å². The fraction of sp³-hybridized carbons (Fsp3) is 0.924. The van der Waals surface area contributed by atoms with E-state index >= 15 is 0 Å². The molecule has 1 aliphatic rings. The molecule has 6 N–H and O–H groups in total. The number of amides is 1. The number of unbranched alkanes of at least 4 members (excludes halogenated alkanes) is 55. The Bertz CT molecular complexity index is 1540. The van der Waals surface area contributed by atoms with Crippen LogP contribution in [0.15, 0.2) is 24.3 Å². The van der Waals surface area contributed by atoms with Crippen molar-refractivity contribution in [2.75, 3.05) is 19.8 Å². The molecule has 0 saturated carbocycles. The van der Waals surface area contributed by atoms with E-state index in [9.17, 15) is 35.1 Å². The van der Waals surface area contributed by atoms with E-state index in [1.54, 1.807) is 6.08 Å². The van der Waals surface area contributed by atoms with Crippen LogP contribution in [0.25, 0.3) is 0 Å². The predicted molar refractivity (Wildman–Crippen MR) is 380 cm³/mol. The van der Waals surface area contributed by atoms with E-state index < -0.39 is 49.5 Å². The van der Waals surface area contributed by atoms with E-state index in [1.165, 1.54) is 327 Å². The van der Waals surface area contributed by atoms with Crippen LogP contribution < -0.4 is 5.32 Å². The Hall–Kier alpha value is -1.86. The van der Waals surface area contributed by atoms with E-state index in [2.05, 4.69) is 31.3 Å². The maximum atomic E-state index is 13.0. The quantitative estimate of drug-likeness (QED) is 0.0195. The van der Waals surface area contributed by atoms with Gasteiger partial charge in [0.2, 0.25) is 5.91 Å². The molecule has 0 radical (unpaired) electrons. The molecule has 1 fully saturated rings. The standard InChI is InChI=1S/C79H151NO10/c1-3-5-7-9-11-13-14-15-16-41-44-47-51-55-59-63-67-75(84)88-68-64-60-56-52-48-45-42-39-37-35-33-31-29-27-25-23-21-19-17-18-20-22-24-26-28-30-32-34-36-38-40-43-46-50-54-58-62-66-74(83)80-71(72(82)65-61-57-53-49-12-10-8-6-4-2)70-89-79-78(87)77(86)76(85)73(69-81)90-79/h17,19,61,65,71-73,76-79,81-82,85-87H,3-16,18,20-60,62-64,66-70H2,1-2H3,(H,80,83)/b19-17-,65-61+. The van der Waals surface area contributed by atoms with E-state index in [0.717, 1.165) is 51.4 Å². The molecule has 0 aromatic heterocycles. The lowest BCUT2D eigenvalue weighted by Crippen LogP contribution is -2.60. The summed E-state index contributed by atoms with van der Waals surface area (Å²) in [6.45, 7) is 4.37. The summed E-state index contributed by atoms with van der Waals surface area (Å²) in [4.78, 5) is 25.1. The molecule has 90 heavy (non-hydrogen) atoms. The lowest BCUT2D eigenvalue weighted by molar-refractivity contribution is -0.302. The van der Waals surface area contributed by atoms with Crippen molar-refractivity contribution in [1.29, 1.82) is 0 Å². The summed E-state index contributed by atoms with van der Waals surface area (Å²) in [6.07, 6.45) is 78.0. The molecule has 532 valence electrons. The van der Waals surface area contributed by atoms with Crippen LogP contribution in [0.4, 0.5) is 0 Å². The van der Waals surface area contributed by atoms with Crippen molar-refractivity contribution < 1.29 is 49.3 Å². The lowest BCUT2D eigenvalue weighted by atomic mass is 9.99. The molecular weight excluding hydrogens is 1120 g/mol. The highest BCUT2D eigenvalue weighted by Gasteiger charge is 2.44. The zero-order chi connectivity index (χ0) is 65.1. The molecule has 0 aromatic rings. The third-order valence-electron chi connectivity index (χ3n) is 19.1. The van der Waals surface area contributed by atoms with Crippen LogP contribution in [-0.4, -0.2) is 100 Å². The fourth-order valence-electron chi connectivity index (χ4n) is 12.8. The van der Waals surface area contributed by atoms with Gasteiger partial charge >= 0.3 is 5.97 Å². The minimum atomic E-state index is -1.57. The Kier molecular flexibility index (Phi) is 65.6. The van der Waals surface area contributed by atoms with Gasteiger partial charge in [-0.05, 0) is 57.8 Å². The number of allylic oxidation sites excluding steroid dienone is 3. The van der Waals surface area contributed by atoms with Crippen molar-refractivity contribution in [3.05, 3.63) is 24.3 Å². The Morgan fingerprint density at radius 3 is 1.07 bits per heavy atom. The molecule has 7 atom stereocenters. The second-order valence-corrected chi connectivity index (χ2v) is 27.8. The van der Waals surface area contributed by atoms with Gasteiger partial charge in [-0.2, -0.15) is 0 Å². The van der Waals surface area contributed by atoms with Crippen molar-refractivity contribution in [3.63, 3.8) is 0 Å². The number of hydrogen-bond donors (Lipinski definition) is 6. The fourth-order valence-corrected chi connectivity index (χ4v) is 12.8. The van der Waals surface area contributed by atoms with Gasteiger partial charge < -0.3 is 45.1 Å². The van der Waals surface area contributed by atoms with Gasteiger partial charge in [-0.25, -0.2) is 0 Å². The molecule has 0 spiro atoms. The largest absolute Gasteiger partial charge is 0.466 e. The molecule has 7 unspecified atom stereocenters. The number of carbonyl (C=O) groups is 2. The van der Waals surface area contributed by atoms with Crippen LogP contribution in [0.3, 0.4) is 0 Å². The van der Waals surface area contributed by atoms with Crippen LogP contribution in [0, 0.1) is 0 Å². The zero-order valence-corrected chi connectivity index (χ0v) is 59.4. The number of esters is 1. The summed E-state index contributed by atoms with van der Waals surface area (Å²) >= 11 is 0. The number of carbonyl (C=O) groups excluding carboxylic acids is 2. The van der Waals surface area contributed by atoms with Crippen LogP contribution in [-0.2, 0) is 23.8 Å². The summed E-state index contributed by atoms with van der Waals surface area (Å²) in [5.41, 5.74) is 0. The Labute approximate surface area is 556 Å². The Morgan fingerprint density at radius 2 is 0.711 bits per heavy atom. The maximum absolute atomic E-state index is 13.0. The topological polar surface area (TPSA) is 175 Å². The molecule has 11 nitrogen and oxygen atoms in total. The van der Waals surface area contributed by atoms with Crippen molar-refractivity contribution in [1.82, 2.24) is 5.32 Å². The summed E-state index contributed by atoms with van der Waals surface area (Å²) in [7, 11) is 0. The summed E-state index contributed by atoms with van der Waals surface area (Å²) < 4.78 is 16.7. The number of ether oxygens (including phenoxy) is 3. The molecule has 1 amide bonds. The van der Waals surface area contributed by atoms with E-state index in [4.69, 9.17) is 14.2 Å². The third-order valence-corrected chi connectivity index (χ3v) is 19.1. The van der Waals surface area contributed by atoms with E-state index in [1.807, 2.05) is 6.08 Å². The number of aliphatic hydroxyl groups excluding tert-OH is 5. The molecule has 0 aromatic carbocycles. The summed E-state index contributed by atoms with van der Waals surface area (Å²) in [5, 5.41) is 54.3. The van der Waals surface area contributed by atoms with Crippen LogP contribution in [0.5, 0.6) is 0 Å². The number of hydrogen-bond acceptors (Lipinski definition) is 10. The number of aliphatic hydroxyl groups is 5. The van der Waals surface area contributed by atoms with Gasteiger partial charge in [-0.1, -0.05) is 359 Å². The minimum Gasteiger partial charge on any atom is -0.466 e. The summed E-state index contributed by atoms with van der Waals surface area (Å²) in [6, 6.07) is -0.805. The molecule has 11 heteroatoms. The maximum Gasteiger partial charge on any atom is 0.305 e. The monoisotopic (exact) mass is 1270 g/mol. The third kappa shape index (κ3) is 56.5. The van der Waals surface area contributed by atoms with Crippen LogP contribution >= 0.6 is 0 Å². The predicted octanol–water partition coefficient (Wildman–Crippen LogP) is 21.1. The molecule has 0 bridgehead atoms. The molecule has 1 heterocycles. The van der Waals surface area contributed by atoms with Gasteiger partial charge in [0.05, 0.1) is 32.0 Å². The van der Waals surface area contributed by atoms with Gasteiger partial charge in [-0.3, -0.25) is 9.59 Å². The highest BCUT2D eigenvalue weighted by Crippen LogP contribution is 2.24. The highest BCUT2D eigenvalue weighted by molar-refractivity contribution is 5.76. The molecule has 1 aliphatic heterocycles. The van der Waals surface area contributed by atoms with Crippen LogP contribution in [0.2, 0.25) is 0 Å². The first-order valence-corrected chi connectivity index (χ1v) is 39.6. The first-order valence-electron chi connectivity index (χ1n) is 39.6. The SMILES string of the molecule is CCCCCCCCC/C=C/C(O)C(COC1OC(CO)C(O)C(O)C1O)NC(=O)CCCCCCCCCCCCCCCCCCC/C=C\CCCCCCCCCCCCCCCCCCOC(=O)CCCCCCCCCCCCCCCCCC. The van der Waals surface area contributed by atoms with Crippen LogP contribution in [0.1, 0.15) is 406 Å². The van der Waals surface area contributed by atoms with Crippen molar-refractivity contribution in [3.8, 4) is 0 Å². The Morgan fingerprint density at radius 1 is 0.400 bits per heavy atom. The molecule has 0 aliphatic carbocycles. The zero-order valence-electron chi connectivity index (χ0n) is 59.4. The molecule has 1 saturated heterocycles. The van der Waals surface area contributed by atoms with Gasteiger partial charge in [-0.15, -0.1) is 0 Å². The van der Waals surface area contributed by atoms with Crippen molar-refractivity contribution in [2.45, 2.75) is 448 Å². The van der Waals surface area contributed by atoms with Gasteiger partial charge in [0.1, 0.15) is 24.4 Å². The second-order valence-electron chi connectivity index (χ2n) is 27.8. The summed E-state index contributed by atoms with van der Waals surface area (Å²) in [5.74, 6) is -0.158. The van der Waals surface area contributed by atoms with E-state index in [0.29, 0.717) is 19.4 Å². The van der Waals surface area contributed by atoms with Gasteiger partial charge in [0.25, 0.3) is 0 Å². The molecule has 1 rings (SSSR count). The number of rotatable bonds is 71. The normalized spacial score (nSPS) is 17.7. The van der Waals surface area contributed by atoms with E-state index in [-0.39, 0.29) is 18.5 Å². The van der Waals surface area contributed by atoms with Gasteiger partial charge in [0, 0.05) is 12.8 Å². The number of nitrogens with one attached hydrogen (secondary N) is 1. The average molecular weight is 1280 g/mol. The lowest BCUT2D eigenvalue weighted by Gasteiger charge is -2.40. The molecular formula is C79H151NO10. The highest BCUT2D eigenvalue weighted by atomic mass is 16.7. The second kappa shape index (κ2) is 68.5. The average Bonchev–Trinajstić information content (AvgIpc) is 0.988. The minimum absolute atomic E-state index is 0.0196. The Balaban J connectivity index is 1.85.